The molecule has 11 heteroatoms. The van der Waals surface area contributed by atoms with Crippen LogP contribution in [0.4, 0.5) is 0 Å². The molecule has 2 amide bonds. The highest BCUT2D eigenvalue weighted by Gasteiger charge is 2.46. The molecule has 1 fully saturated rings. The Hall–Kier alpha value is -3.31. The number of carboxylic acids is 1. The fourth-order valence-corrected chi connectivity index (χ4v) is 5.61. The van der Waals surface area contributed by atoms with Crippen molar-refractivity contribution in [1.29, 1.82) is 0 Å². The SMILES string of the molecule is CCS(=O)(=O)N1C[C@@H]2CC=CC[C@H](NC(=O)c3nccc4ccccc34)C(=O)N2[C@H](C(=O)O)C1. The lowest BCUT2D eigenvalue weighted by molar-refractivity contribution is -0.156. The zero-order chi connectivity index (χ0) is 24.5. The van der Waals surface area contributed by atoms with E-state index < -0.39 is 45.9 Å². The Bertz CT molecular complexity index is 1260. The van der Waals surface area contributed by atoms with Crippen molar-refractivity contribution in [2.45, 2.75) is 37.9 Å². The highest BCUT2D eigenvalue weighted by atomic mass is 32.2. The summed E-state index contributed by atoms with van der Waals surface area (Å²) in [6.07, 6.45) is 5.56. The number of aromatic nitrogens is 1. The molecule has 2 aromatic rings. The Morgan fingerprint density at radius 3 is 2.62 bits per heavy atom. The topological polar surface area (TPSA) is 137 Å². The van der Waals surface area contributed by atoms with Crippen LogP contribution in [0.1, 0.15) is 30.3 Å². The van der Waals surface area contributed by atoms with E-state index in [1.54, 1.807) is 30.4 Å². The number of hydrogen-bond donors (Lipinski definition) is 2. The van der Waals surface area contributed by atoms with E-state index in [1.807, 2.05) is 12.1 Å². The van der Waals surface area contributed by atoms with Crippen LogP contribution in [0.2, 0.25) is 0 Å². The summed E-state index contributed by atoms with van der Waals surface area (Å²) in [6, 6.07) is 6.01. The van der Waals surface area contributed by atoms with Crippen LogP contribution in [-0.4, -0.2) is 82.5 Å². The van der Waals surface area contributed by atoms with Crippen molar-refractivity contribution >= 4 is 38.6 Å². The average Bonchev–Trinajstić information content (AvgIpc) is 2.83. The molecular weight excluding hydrogens is 460 g/mol. The average molecular weight is 487 g/mol. The second-order valence-corrected chi connectivity index (χ2v) is 10.6. The van der Waals surface area contributed by atoms with Gasteiger partial charge in [0.05, 0.1) is 5.75 Å². The van der Waals surface area contributed by atoms with Crippen LogP contribution in [0, 0.1) is 0 Å². The van der Waals surface area contributed by atoms with E-state index in [2.05, 4.69) is 10.3 Å². The largest absolute Gasteiger partial charge is 0.480 e. The third-order valence-corrected chi connectivity index (χ3v) is 8.07. The summed E-state index contributed by atoms with van der Waals surface area (Å²) < 4.78 is 26.0. The van der Waals surface area contributed by atoms with Gasteiger partial charge >= 0.3 is 5.97 Å². The van der Waals surface area contributed by atoms with Gasteiger partial charge < -0.3 is 15.3 Å². The number of nitrogens with one attached hydrogen (secondary N) is 1. The predicted molar refractivity (Wildman–Crippen MR) is 124 cm³/mol. The molecule has 0 saturated carbocycles. The Labute approximate surface area is 197 Å². The molecule has 180 valence electrons. The van der Waals surface area contributed by atoms with Gasteiger partial charge in [0.25, 0.3) is 5.91 Å². The van der Waals surface area contributed by atoms with Crippen LogP contribution in [0.5, 0.6) is 0 Å². The number of amides is 2. The lowest BCUT2D eigenvalue weighted by atomic mass is 9.98. The molecule has 2 aliphatic heterocycles. The third-order valence-electron chi connectivity index (χ3n) is 6.26. The quantitative estimate of drug-likeness (QED) is 0.602. The Balaban J connectivity index is 1.63. The van der Waals surface area contributed by atoms with Crippen molar-refractivity contribution in [3.8, 4) is 0 Å². The number of carbonyl (C=O) groups excluding carboxylic acids is 2. The molecule has 2 N–H and O–H groups in total. The first kappa shape index (κ1) is 23.8. The van der Waals surface area contributed by atoms with E-state index in [-0.39, 0.29) is 31.0 Å². The van der Waals surface area contributed by atoms with Crippen LogP contribution in [-0.2, 0) is 19.6 Å². The number of hydrogen-bond acceptors (Lipinski definition) is 6. The molecule has 0 unspecified atom stereocenters. The van der Waals surface area contributed by atoms with E-state index in [9.17, 15) is 27.9 Å². The second kappa shape index (κ2) is 9.51. The van der Waals surface area contributed by atoms with Crippen LogP contribution in [0.15, 0.2) is 48.7 Å². The van der Waals surface area contributed by atoms with E-state index in [0.29, 0.717) is 11.8 Å². The minimum absolute atomic E-state index is 0.00157. The molecular formula is C23H26N4O6S. The van der Waals surface area contributed by atoms with Gasteiger partial charge in [0.15, 0.2) is 0 Å². The van der Waals surface area contributed by atoms with Crippen LogP contribution in [0.25, 0.3) is 10.8 Å². The van der Waals surface area contributed by atoms with Crippen molar-refractivity contribution < 1.29 is 27.9 Å². The van der Waals surface area contributed by atoms with Crippen molar-refractivity contribution in [3.63, 3.8) is 0 Å². The summed E-state index contributed by atoms with van der Waals surface area (Å²) in [5.41, 5.74) is 0.169. The van der Waals surface area contributed by atoms with Crippen molar-refractivity contribution in [3.05, 3.63) is 54.4 Å². The van der Waals surface area contributed by atoms with E-state index in [1.165, 1.54) is 18.0 Å². The molecule has 0 spiro atoms. The Kier molecular flexibility index (Phi) is 6.67. The summed E-state index contributed by atoms with van der Waals surface area (Å²) in [6.45, 7) is 1.16. The van der Waals surface area contributed by atoms with E-state index in [0.717, 1.165) is 9.69 Å². The van der Waals surface area contributed by atoms with Gasteiger partial charge in [0, 0.05) is 30.7 Å². The number of benzene rings is 1. The van der Waals surface area contributed by atoms with Gasteiger partial charge in [0.2, 0.25) is 15.9 Å². The highest BCUT2D eigenvalue weighted by Crippen LogP contribution is 2.25. The van der Waals surface area contributed by atoms with Crippen LogP contribution < -0.4 is 5.32 Å². The van der Waals surface area contributed by atoms with E-state index >= 15 is 0 Å². The number of carbonyl (C=O) groups is 3. The zero-order valence-electron chi connectivity index (χ0n) is 18.6. The molecule has 0 bridgehead atoms. The van der Waals surface area contributed by atoms with Gasteiger partial charge in [-0.1, -0.05) is 36.4 Å². The molecule has 0 aliphatic carbocycles. The first-order valence-electron chi connectivity index (χ1n) is 11.1. The minimum Gasteiger partial charge on any atom is -0.480 e. The van der Waals surface area contributed by atoms with E-state index in [4.69, 9.17) is 0 Å². The molecule has 2 aliphatic rings. The Morgan fingerprint density at radius 2 is 1.88 bits per heavy atom. The van der Waals surface area contributed by atoms with Crippen LogP contribution >= 0.6 is 0 Å². The maximum atomic E-state index is 13.5. The first-order valence-corrected chi connectivity index (χ1v) is 12.7. The third kappa shape index (κ3) is 4.53. The predicted octanol–water partition coefficient (Wildman–Crippen LogP) is 0.999. The fourth-order valence-electron chi connectivity index (χ4n) is 4.48. The monoisotopic (exact) mass is 486 g/mol. The highest BCUT2D eigenvalue weighted by molar-refractivity contribution is 7.89. The zero-order valence-corrected chi connectivity index (χ0v) is 19.4. The maximum Gasteiger partial charge on any atom is 0.327 e. The summed E-state index contributed by atoms with van der Waals surface area (Å²) in [5.74, 6) is -2.55. The van der Waals surface area contributed by atoms with Gasteiger partial charge in [-0.25, -0.2) is 13.2 Å². The number of rotatable bonds is 5. The number of sulfonamides is 1. The first-order chi connectivity index (χ1) is 16.2. The minimum atomic E-state index is -3.64. The molecule has 1 aromatic heterocycles. The number of fused-ring (bicyclic) bond motifs is 2. The normalized spacial score (nSPS) is 23.7. The van der Waals surface area contributed by atoms with Gasteiger partial charge in [-0.15, -0.1) is 0 Å². The molecule has 3 atom stereocenters. The van der Waals surface area contributed by atoms with Crippen LogP contribution in [0.3, 0.4) is 0 Å². The smallest absolute Gasteiger partial charge is 0.327 e. The lowest BCUT2D eigenvalue weighted by Crippen LogP contribution is -2.66. The van der Waals surface area contributed by atoms with Crippen molar-refractivity contribution in [1.82, 2.24) is 19.5 Å². The lowest BCUT2D eigenvalue weighted by Gasteiger charge is -2.45. The van der Waals surface area contributed by atoms with Crippen molar-refractivity contribution in [2.75, 3.05) is 18.8 Å². The molecule has 10 nitrogen and oxygen atoms in total. The molecule has 1 aromatic carbocycles. The number of piperazine rings is 1. The molecule has 3 heterocycles. The summed E-state index contributed by atoms with van der Waals surface area (Å²) in [4.78, 5) is 44.1. The standard InChI is InChI=1S/C23H26N4O6S/c1-2-34(32,33)26-13-16-8-4-6-10-18(22(29)27(16)19(14-26)23(30)31)25-21(28)20-17-9-5-3-7-15(17)11-12-24-20/h3-7,9,11-12,16,18-19H,2,8,10,13-14H2,1H3,(H,25,28)(H,30,31)/t16-,18-,19-/m0/s1. The molecule has 4 rings (SSSR count). The molecule has 1 saturated heterocycles. The summed E-state index contributed by atoms with van der Waals surface area (Å²) >= 11 is 0. The summed E-state index contributed by atoms with van der Waals surface area (Å²) in [5, 5.41) is 14.0. The van der Waals surface area contributed by atoms with Gasteiger partial charge in [0.1, 0.15) is 17.8 Å². The van der Waals surface area contributed by atoms with Gasteiger partial charge in [-0.05, 0) is 31.2 Å². The van der Waals surface area contributed by atoms with Crippen molar-refractivity contribution in [2.24, 2.45) is 0 Å². The second-order valence-electron chi connectivity index (χ2n) is 8.32. The maximum absolute atomic E-state index is 13.5. The molecule has 0 radical (unpaired) electrons. The van der Waals surface area contributed by atoms with Gasteiger partial charge in [-0.2, -0.15) is 4.31 Å². The number of pyridine rings is 1. The number of nitrogens with zero attached hydrogens (tertiary/aromatic N) is 3. The number of aliphatic carboxylic acids is 1. The molecule has 34 heavy (non-hydrogen) atoms. The Morgan fingerprint density at radius 1 is 1.15 bits per heavy atom. The fraction of sp³-hybridized carbons (Fsp3) is 0.391. The number of carboxylic acid groups (broad SMARTS) is 1. The summed E-state index contributed by atoms with van der Waals surface area (Å²) in [7, 11) is -3.64. The van der Waals surface area contributed by atoms with Gasteiger partial charge in [-0.3, -0.25) is 14.6 Å².